The molecule has 1 aliphatic heterocycles. The predicted octanol–water partition coefficient (Wildman–Crippen LogP) is 4.22. The van der Waals surface area contributed by atoms with Crippen LogP contribution in [0.1, 0.15) is 37.9 Å². The summed E-state index contributed by atoms with van der Waals surface area (Å²) in [6.45, 7) is 5.68. The summed E-state index contributed by atoms with van der Waals surface area (Å²) in [4.78, 5) is 44.6. The van der Waals surface area contributed by atoms with Crippen molar-refractivity contribution in [2.45, 2.75) is 26.8 Å². The lowest BCUT2D eigenvalue weighted by atomic mass is 9.94. The Labute approximate surface area is 263 Å². The van der Waals surface area contributed by atoms with Crippen LogP contribution in [0.2, 0.25) is 0 Å². The van der Waals surface area contributed by atoms with Crippen LogP contribution >= 0.6 is 11.3 Å². The van der Waals surface area contributed by atoms with Gasteiger partial charge in [-0.3, -0.25) is 14.2 Å². The van der Waals surface area contributed by atoms with Gasteiger partial charge in [0.25, 0.3) is 11.5 Å². The molecule has 3 aromatic carbocycles. The molecule has 10 nitrogen and oxygen atoms in total. The quantitative estimate of drug-likeness (QED) is 0.248. The zero-order valence-electron chi connectivity index (χ0n) is 25.4. The molecule has 4 aromatic rings. The number of amides is 1. The molecule has 0 saturated carbocycles. The fourth-order valence-electron chi connectivity index (χ4n) is 4.97. The normalized spacial score (nSPS) is 14.3. The smallest absolute Gasteiger partial charge is 0.338 e. The van der Waals surface area contributed by atoms with Crippen molar-refractivity contribution in [2.75, 3.05) is 32.2 Å². The molecule has 0 aliphatic carbocycles. The number of anilines is 1. The topological polar surface area (TPSA) is 117 Å². The number of hydrogen-bond acceptors (Lipinski definition) is 9. The summed E-state index contributed by atoms with van der Waals surface area (Å²) in [5.74, 6) is 0.590. The van der Waals surface area contributed by atoms with Crippen LogP contribution in [0.15, 0.2) is 93.9 Å². The van der Waals surface area contributed by atoms with E-state index < -0.39 is 12.0 Å². The van der Waals surface area contributed by atoms with Crippen molar-refractivity contribution < 1.29 is 28.5 Å². The van der Waals surface area contributed by atoms with E-state index in [2.05, 4.69) is 10.3 Å². The molecule has 0 spiro atoms. The molecule has 1 amide bonds. The van der Waals surface area contributed by atoms with E-state index in [4.69, 9.17) is 18.9 Å². The molecule has 0 radical (unpaired) electrons. The summed E-state index contributed by atoms with van der Waals surface area (Å²) in [6.07, 6.45) is 1.76. The predicted molar refractivity (Wildman–Crippen MR) is 172 cm³/mol. The minimum absolute atomic E-state index is 0.150. The van der Waals surface area contributed by atoms with Crippen LogP contribution in [-0.2, 0) is 14.3 Å². The fourth-order valence-corrected chi connectivity index (χ4v) is 6.02. The maximum atomic E-state index is 14.0. The molecular weight excluding hydrogens is 594 g/mol. The summed E-state index contributed by atoms with van der Waals surface area (Å²) < 4.78 is 24.5. The van der Waals surface area contributed by atoms with Gasteiger partial charge in [0.15, 0.2) is 22.9 Å². The molecule has 1 atom stereocenters. The van der Waals surface area contributed by atoms with E-state index in [1.807, 2.05) is 31.2 Å². The first-order valence-corrected chi connectivity index (χ1v) is 15.2. The highest BCUT2D eigenvalue weighted by Crippen LogP contribution is 2.40. The molecule has 1 N–H and O–H groups in total. The summed E-state index contributed by atoms with van der Waals surface area (Å²) >= 11 is 1.22. The number of aromatic nitrogens is 1. The molecule has 0 fully saturated rings. The van der Waals surface area contributed by atoms with Crippen LogP contribution in [-0.4, -0.2) is 43.4 Å². The van der Waals surface area contributed by atoms with Gasteiger partial charge >= 0.3 is 5.97 Å². The van der Waals surface area contributed by atoms with Gasteiger partial charge in [-0.25, -0.2) is 9.79 Å². The van der Waals surface area contributed by atoms with Crippen molar-refractivity contribution in [1.29, 1.82) is 0 Å². The molecule has 0 saturated heterocycles. The van der Waals surface area contributed by atoms with Gasteiger partial charge in [-0.2, -0.15) is 0 Å². The van der Waals surface area contributed by atoms with Gasteiger partial charge in [-0.15, -0.1) is 0 Å². The number of hydrogen-bond donors (Lipinski definition) is 1. The number of thiazole rings is 1. The number of benzene rings is 3. The lowest BCUT2D eigenvalue weighted by Crippen LogP contribution is -2.40. The Hall–Kier alpha value is -5.16. The van der Waals surface area contributed by atoms with Crippen LogP contribution in [0.5, 0.6) is 17.2 Å². The minimum atomic E-state index is -0.850. The van der Waals surface area contributed by atoms with Gasteiger partial charge in [-0.1, -0.05) is 53.8 Å². The number of carbonyl (C=O) groups is 2. The molecule has 0 bridgehead atoms. The van der Waals surface area contributed by atoms with Crippen LogP contribution < -0.4 is 34.4 Å². The van der Waals surface area contributed by atoms with Crippen molar-refractivity contribution in [2.24, 2.45) is 4.99 Å². The van der Waals surface area contributed by atoms with Crippen molar-refractivity contribution in [3.63, 3.8) is 0 Å². The standard InChI is InChI=1S/C34H33N3O7S/c1-5-42-31-25(13-10-14-26(31)41-4)30-29(33(40)43-6-2)21(3)35-34-37(30)32(39)27(45-34)19-22-15-17-24(18-16-22)44-20-28(38)36-23-11-8-7-9-12-23/h7-19,30H,5-6,20H2,1-4H3,(H,36,38)/t30-/m0/s1. The number of nitrogens with one attached hydrogen (secondary N) is 1. The third-order valence-electron chi connectivity index (χ3n) is 6.93. The largest absolute Gasteiger partial charge is 0.493 e. The maximum absolute atomic E-state index is 14.0. The zero-order chi connectivity index (χ0) is 31.9. The highest BCUT2D eigenvalue weighted by atomic mass is 32.1. The summed E-state index contributed by atoms with van der Waals surface area (Å²) in [5, 5.41) is 2.78. The van der Waals surface area contributed by atoms with Gasteiger partial charge < -0.3 is 24.3 Å². The first-order valence-electron chi connectivity index (χ1n) is 14.4. The number of nitrogens with zero attached hydrogens (tertiary/aromatic N) is 2. The molecule has 45 heavy (non-hydrogen) atoms. The van der Waals surface area contributed by atoms with E-state index in [1.54, 1.807) is 68.5 Å². The average molecular weight is 628 g/mol. The van der Waals surface area contributed by atoms with Crippen molar-refractivity contribution in [3.8, 4) is 17.2 Å². The van der Waals surface area contributed by atoms with E-state index >= 15 is 0 Å². The van der Waals surface area contributed by atoms with E-state index in [-0.39, 0.29) is 30.3 Å². The van der Waals surface area contributed by atoms with Crippen LogP contribution in [0.4, 0.5) is 5.69 Å². The fraction of sp³-hybridized carbons (Fsp3) is 0.235. The highest BCUT2D eigenvalue weighted by Gasteiger charge is 2.36. The van der Waals surface area contributed by atoms with Gasteiger partial charge in [0.05, 0.1) is 36.1 Å². The molecule has 1 aromatic heterocycles. The first kappa shape index (κ1) is 31.3. The van der Waals surface area contributed by atoms with E-state index in [0.717, 1.165) is 5.56 Å². The second kappa shape index (κ2) is 14.1. The van der Waals surface area contributed by atoms with Crippen molar-refractivity contribution >= 4 is 35.0 Å². The third-order valence-corrected chi connectivity index (χ3v) is 7.92. The van der Waals surface area contributed by atoms with Gasteiger partial charge in [0, 0.05) is 11.3 Å². The Morgan fingerprint density at radius 1 is 0.978 bits per heavy atom. The Morgan fingerprint density at radius 2 is 1.73 bits per heavy atom. The number of allylic oxidation sites excluding steroid dienone is 1. The molecule has 2 heterocycles. The molecule has 11 heteroatoms. The Kier molecular flexibility index (Phi) is 9.79. The summed E-state index contributed by atoms with van der Waals surface area (Å²) in [7, 11) is 1.54. The highest BCUT2D eigenvalue weighted by molar-refractivity contribution is 7.07. The maximum Gasteiger partial charge on any atom is 0.338 e. The Morgan fingerprint density at radius 3 is 2.42 bits per heavy atom. The number of carbonyl (C=O) groups excluding carboxylic acids is 2. The van der Waals surface area contributed by atoms with Crippen molar-refractivity contribution in [3.05, 3.63) is 115 Å². The molecule has 5 rings (SSSR count). The minimum Gasteiger partial charge on any atom is -0.493 e. The van der Waals surface area contributed by atoms with Crippen LogP contribution in [0, 0.1) is 0 Å². The summed E-state index contributed by atoms with van der Waals surface area (Å²) in [6, 6.07) is 20.7. The average Bonchev–Trinajstić information content (AvgIpc) is 3.34. The zero-order valence-corrected chi connectivity index (χ0v) is 26.2. The molecule has 232 valence electrons. The lowest BCUT2D eigenvalue weighted by molar-refractivity contribution is -0.139. The number of methoxy groups -OCH3 is 1. The Bertz CT molecular complexity index is 1910. The van der Waals surface area contributed by atoms with E-state index in [0.29, 0.717) is 50.1 Å². The van der Waals surface area contributed by atoms with Gasteiger partial charge in [0.2, 0.25) is 0 Å². The van der Waals surface area contributed by atoms with E-state index in [9.17, 15) is 14.4 Å². The molecule has 1 aliphatic rings. The third kappa shape index (κ3) is 6.83. The number of esters is 1. The summed E-state index contributed by atoms with van der Waals surface area (Å²) in [5.41, 5.74) is 2.41. The number of para-hydroxylation sites is 2. The second-order valence-electron chi connectivity index (χ2n) is 9.89. The number of fused-ring (bicyclic) bond motifs is 1. The van der Waals surface area contributed by atoms with Gasteiger partial charge in [-0.05, 0) is 62.7 Å². The second-order valence-corrected chi connectivity index (χ2v) is 10.9. The van der Waals surface area contributed by atoms with Gasteiger partial charge in [0.1, 0.15) is 11.8 Å². The molecule has 0 unspecified atom stereocenters. The number of rotatable bonds is 11. The van der Waals surface area contributed by atoms with Crippen LogP contribution in [0.3, 0.4) is 0 Å². The monoisotopic (exact) mass is 627 g/mol. The lowest BCUT2D eigenvalue weighted by Gasteiger charge is -2.26. The Balaban J connectivity index is 1.48. The number of ether oxygens (including phenoxy) is 4. The molecular formula is C34H33N3O7S. The van der Waals surface area contributed by atoms with Crippen molar-refractivity contribution in [1.82, 2.24) is 4.57 Å². The first-order chi connectivity index (χ1) is 21.8. The van der Waals surface area contributed by atoms with Crippen LogP contribution in [0.25, 0.3) is 6.08 Å². The van der Waals surface area contributed by atoms with E-state index in [1.165, 1.54) is 23.0 Å². The SMILES string of the molecule is CCOC(=O)C1=C(C)N=c2sc(=Cc3ccc(OCC(=O)Nc4ccccc4)cc3)c(=O)n2[C@H]1c1cccc(OC)c1OCC.